The quantitative estimate of drug-likeness (QED) is 0.354. The van der Waals surface area contributed by atoms with Gasteiger partial charge in [0.1, 0.15) is 11.6 Å². The summed E-state index contributed by atoms with van der Waals surface area (Å²) in [6, 6.07) is 17.9. The van der Waals surface area contributed by atoms with Gasteiger partial charge in [0.05, 0.1) is 23.7 Å². The molecule has 0 radical (unpaired) electrons. The molecule has 0 spiro atoms. The first-order chi connectivity index (χ1) is 16.6. The van der Waals surface area contributed by atoms with Crippen LogP contribution in [0, 0.1) is 0 Å². The van der Waals surface area contributed by atoms with Crippen LogP contribution in [-0.4, -0.2) is 38.1 Å². The van der Waals surface area contributed by atoms with E-state index in [2.05, 4.69) is 25.3 Å². The van der Waals surface area contributed by atoms with Crippen LogP contribution in [0.3, 0.4) is 0 Å². The van der Waals surface area contributed by atoms with E-state index in [0.29, 0.717) is 40.4 Å². The largest absolute Gasteiger partial charge is 0.507 e. The first-order valence-corrected chi connectivity index (χ1v) is 10.6. The standard InChI is InChI=1S/C26H21N5O3/c1-34-26-19(5-3-11-28-26)17-7-9-23(32)20(12-17)24-30-21-8-6-18(13-22(21)31-24)25(33)29-15-16-4-2-10-27-14-16/h2-14,32H,15H2,1H3,(H,29,33)(H,30,31). The number of nitrogens with zero attached hydrogens (tertiary/aromatic N) is 3. The molecule has 0 fully saturated rings. The number of nitrogens with one attached hydrogen (secondary N) is 2. The Bertz CT molecular complexity index is 1480. The van der Waals surface area contributed by atoms with Crippen molar-refractivity contribution in [2.45, 2.75) is 6.54 Å². The van der Waals surface area contributed by atoms with Crippen LogP contribution < -0.4 is 10.1 Å². The number of carbonyl (C=O) groups excluding carboxylic acids is 1. The Balaban J connectivity index is 1.44. The summed E-state index contributed by atoms with van der Waals surface area (Å²) in [5, 5.41) is 13.4. The highest BCUT2D eigenvalue weighted by Crippen LogP contribution is 2.35. The average molecular weight is 451 g/mol. The van der Waals surface area contributed by atoms with Crippen LogP contribution in [0.2, 0.25) is 0 Å². The molecule has 5 rings (SSSR count). The molecule has 168 valence electrons. The first kappa shape index (κ1) is 21.1. The van der Waals surface area contributed by atoms with Gasteiger partial charge < -0.3 is 20.1 Å². The molecule has 0 saturated carbocycles. The highest BCUT2D eigenvalue weighted by Gasteiger charge is 2.15. The van der Waals surface area contributed by atoms with Gasteiger partial charge in [-0.3, -0.25) is 9.78 Å². The maximum Gasteiger partial charge on any atom is 0.251 e. The lowest BCUT2D eigenvalue weighted by Gasteiger charge is -2.09. The van der Waals surface area contributed by atoms with E-state index in [4.69, 9.17) is 4.74 Å². The van der Waals surface area contributed by atoms with Crippen LogP contribution >= 0.6 is 0 Å². The monoisotopic (exact) mass is 451 g/mol. The molecule has 0 aliphatic heterocycles. The van der Waals surface area contributed by atoms with Crippen LogP contribution in [0.15, 0.2) is 79.3 Å². The van der Waals surface area contributed by atoms with Crippen molar-refractivity contribution in [2.75, 3.05) is 7.11 Å². The SMILES string of the molecule is COc1ncccc1-c1ccc(O)c(-c2nc3ccc(C(=O)NCc4cccnc4)cc3[nH]2)c1. The molecule has 3 N–H and O–H groups in total. The van der Waals surface area contributed by atoms with Gasteiger partial charge in [-0.1, -0.05) is 12.1 Å². The molecule has 2 aromatic carbocycles. The number of methoxy groups -OCH3 is 1. The molecule has 0 saturated heterocycles. The minimum Gasteiger partial charge on any atom is -0.507 e. The molecule has 0 aliphatic carbocycles. The zero-order valence-electron chi connectivity index (χ0n) is 18.3. The number of phenolic OH excluding ortho intramolecular Hbond substituents is 1. The van der Waals surface area contributed by atoms with E-state index < -0.39 is 0 Å². The van der Waals surface area contributed by atoms with Crippen molar-refractivity contribution in [3.8, 4) is 34.1 Å². The second-order valence-electron chi connectivity index (χ2n) is 7.65. The van der Waals surface area contributed by atoms with E-state index in [1.165, 1.54) is 0 Å². The average Bonchev–Trinajstić information content (AvgIpc) is 3.31. The normalized spacial score (nSPS) is 10.9. The fraction of sp³-hybridized carbons (Fsp3) is 0.0769. The van der Waals surface area contributed by atoms with Crippen molar-refractivity contribution < 1.29 is 14.6 Å². The van der Waals surface area contributed by atoms with E-state index in [9.17, 15) is 9.90 Å². The Labute approximate surface area is 195 Å². The van der Waals surface area contributed by atoms with Crippen LogP contribution in [0.25, 0.3) is 33.5 Å². The Kier molecular flexibility index (Phi) is 5.61. The third-order valence-electron chi connectivity index (χ3n) is 5.45. The number of H-pyrrole nitrogens is 1. The van der Waals surface area contributed by atoms with Crippen LogP contribution in [0.1, 0.15) is 15.9 Å². The number of aromatic nitrogens is 4. The summed E-state index contributed by atoms with van der Waals surface area (Å²) in [6.45, 7) is 0.386. The predicted molar refractivity (Wildman–Crippen MR) is 128 cm³/mol. The lowest BCUT2D eigenvalue weighted by atomic mass is 10.0. The zero-order chi connectivity index (χ0) is 23.5. The molecule has 8 heteroatoms. The smallest absolute Gasteiger partial charge is 0.251 e. The second kappa shape index (κ2) is 9.03. The van der Waals surface area contributed by atoms with Crippen molar-refractivity contribution in [3.05, 3.63) is 90.4 Å². The summed E-state index contributed by atoms with van der Waals surface area (Å²) in [6.07, 6.45) is 5.06. The summed E-state index contributed by atoms with van der Waals surface area (Å²) < 4.78 is 5.37. The molecule has 0 aliphatic rings. The van der Waals surface area contributed by atoms with Crippen molar-refractivity contribution in [1.29, 1.82) is 0 Å². The highest BCUT2D eigenvalue weighted by atomic mass is 16.5. The summed E-state index contributed by atoms with van der Waals surface area (Å²) in [5.41, 5.74) is 4.95. The van der Waals surface area contributed by atoms with Gasteiger partial charge in [0.15, 0.2) is 0 Å². The fourth-order valence-electron chi connectivity index (χ4n) is 3.73. The molecule has 1 amide bonds. The molecule has 3 heterocycles. The van der Waals surface area contributed by atoms with Crippen molar-refractivity contribution in [2.24, 2.45) is 0 Å². The van der Waals surface area contributed by atoms with Crippen LogP contribution in [0.5, 0.6) is 11.6 Å². The lowest BCUT2D eigenvalue weighted by Crippen LogP contribution is -2.22. The van der Waals surface area contributed by atoms with Crippen LogP contribution in [0.4, 0.5) is 0 Å². The van der Waals surface area contributed by atoms with E-state index in [0.717, 1.165) is 16.7 Å². The number of aromatic hydroxyl groups is 1. The van der Waals surface area contributed by atoms with E-state index in [1.807, 2.05) is 30.3 Å². The molecule has 8 nitrogen and oxygen atoms in total. The Morgan fingerprint density at radius 2 is 1.94 bits per heavy atom. The molecular weight excluding hydrogens is 430 g/mol. The van der Waals surface area contributed by atoms with Crippen molar-refractivity contribution in [3.63, 3.8) is 0 Å². The predicted octanol–water partition coefficient (Wildman–Crippen LogP) is 4.33. The number of phenols is 1. The molecule has 0 atom stereocenters. The number of pyridine rings is 2. The van der Waals surface area contributed by atoms with Gasteiger partial charge in [-0.05, 0) is 59.7 Å². The van der Waals surface area contributed by atoms with Gasteiger partial charge in [-0.15, -0.1) is 0 Å². The van der Waals surface area contributed by atoms with Crippen molar-refractivity contribution >= 4 is 16.9 Å². The summed E-state index contributed by atoms with van der Waals surface area (Å²) in [5.74, 6) is 0.867. The summed E-state index contributed by atoms with van der Waals surface area (Å²) in [4.78, 5) is 28.8. The number of rotatable bonds is 6. The molecule has 34 heavy (non-hydrogen) atoms. The summed E-state index contributed by atoms with van der Waals surface area (Å²) >= 11 is 0. The first-order valence-electron chi connectivity index (χ1n) is 10.6. The van der Waals surface area contributed by atoms with Crippen molar-refractivity contribution in [1.82, 2.24) is 25.3 Å². The fourth-order valence-corrected chi connectivity index (χ4v) is 3.73. The Morgan fingerprint density at radius 3 is 2.76 bits per heavy atom. The van der Waals surface area contributed by atoms with Gasteiger partial charge in [0, 0.05) is 36.3 Å². The lowest BCUT2D eigenvalue weighted by molar-refractivity contribution is 0.0951. The second-order valence-corrected chi connectivity index (χ2v) is 7.65. The van der Waals surface area contributed by atoms with E-state index in [-0.39, 0.29) is 11.7 Å². The van der Waals surface area contributed by atoms with Crippen LogP contribution in [-0.2, 0) is 6.54 Å². The number of benzene rings is 2. The Hall–Kier alpha value is -4.72. The maximum absolute atomic E-state index is 12.6. The number of imidazole rings is 1. The number of carbonyl (C=O) groups is 1. The third-order valence-corrected chi connectivity index (χ3v) is 5.45. The molecule has 5 aromatic rings. The number of aromatic amines is 1. The van der Waals surface area contributed by atoms with Gasteiger partial charge in [0.25, 0.3) is 5.91 Å². The number of hydrogen-bond acceptors (Lipinski definition) is 6. The topological polar surface area (TPSA) is 113 Å². The van der Waals surface area contributed by atoms with E-state index in [1.54, 1.807) is 56.0 Å². The van der Waals surface area contributed by atoms with Gasteiger partial charge in [-0.25, -0.2) is 9.97 Å². The van der Waals surface area contributed by atoms with Gasteiger partial charge in [-0.2, -0.15) is 0 Å². The number of amides is 1. The maximum atomic E-state index is 12.6. The molecule has 0 bridgehead atoms. The minimum absolute atomic E-state index is 0.0834. The minimum atomic E-state index is -0.199. The van der Waals surface area contributed by atoms with Gasteiger partial charge >= 0.3 is 0 Å². The molecule has 3 aromatic heterocycles. The number of hydrogen-bond donors (Lipinski definition) is 3. The molecule has 0 unspecified atom stereocenters. The van der Waals surface area contributed by atoms with E-state index >= 15 is 0 Å². The number of ether oxygens (including phenoxy) is 1. The Morgan fingerprint density at radius 1 is 1.06 bits per heavy atom. The molecular formula is C26H21N5O3. The third kappa shape index (κ3) is 4.16. The highest BCUT2D eigenvalue weighted by molar-refractivity contribution is 5.97. The zero-order valence-corrected chi connectivity index (χ0v) is 18.3. The summed E-state index contributed by atoms with van der Waals surface area (Å²) in [7, 11) is 1.57. The number of fused-ring (bicyclic) bond motifs is 1. The van der Waals surface area contributed by atoms with Gasteiger partial charge in [0.2, 0.25) is 5.88 Å².